The van der Waals surface area contributed by atoms with E-state index in [1.165, 1.54) is 6.92 Å². The van der Waals surface area contributed by atoms with E-state index in [0.29, 0.717) is 24.5 Å². The van der Waals surface area contributed by atoms with Gasteiger partial charge in [0.2, 0.25) is 11.8 Å². The largest absolute Gasteiger partial charge is 0.356 e. The van der Waals surface area contributed by atoms with Gasteiger partial charge in [0.1, 0.15) is 0 Å². The first-order valence-electron chi connectivity index (χ1n) is 7.58. The summed E-state index contributed by atoms with van der Waals surface area (Å²) in [5.41, 5.74) is 0.864. The zero-order valence-corrected chi connectivity index (χ0v) is 14.3. The number of benzene rings is 1. The summed E-state index contributed by atoms with van der Waals surface area (Å²) >= 11 is 5.89. The van der Waals surface area contributed by atoms with Gasteiger partial charge in [0, 0.05) is 31.5 Å². The van der Waals surface area contributed by atoms with Gasteiger partial charge in [-0.1, -0.05) is 37.6 Å². The maximum absolute atomic E-state index is 12.0. The van der Waals surface area contributed by atoms with Crippen LogP contribution in [0.3, 0.4) is 0 Å². The van der Waals surface area contributed by atoms with Crippen LogP contribution in [0.4, 0.5) is 0 Å². The molecule has 0 radical (unpaired) electrons. The molecule has 0 aliphatic heterocycles. The minimum atomic E-state index is -0.231. The van der Waals surface area contributed by atoms with Crippen molar-refractivity contribution in [2.75, 3.05) is 13.1 Å². The molecule has 122 valence electrons. The number of nitrogens with one attached hydrogen (secondary N) is 2. The fourth-order valence-electron chi connectivity index (χ4n) is 2.21. The highest BCUT2D eigenvalue weighted by molar-refractivity contribution is 6.30. The van der Waals surface area contributed by atoms with Crippen LogP contribution in [-0.4, -0.2) is 24.9 Å². The van der Waals surface area contributed by atoms with Gasteiger partial charge in [0.25, 0.3) is 0 Å². The Bertz CT molecular complexity index is 498. The van der Waals surface area contributed by atoms with Crippen LogP contribution in [0.2, 0.25) is 5.02 Å². The summed E-state index contributed by atoms with van der Waals surface area (Å²) in [6.07, 6.45) is 2.15. The minimum absolute atomic E-state index is 0.0197. The van der Waals surface area contributed by atoms with Crippen molar-refractivity contribution in [2.24, 2.45) is 0 Å². The fraction of sp³-hybridized carbons (Fsp3) is 0.529. The Labute approximate surface area is 137 Å². The average Bonchev–Trinajstić information content (AvgIpc) is 2.42. The maximum atomic E-state index is 12.0. The van der Waals surface area contributed by atoms with Crippen LogP contribution >= 0.6 is 11.6 Å². The number of carbonyl (C=O) groups is 2. The molecule has 0 aliphatic carbocycles. The van der Waals surface area contributed by atoms with Crippen molar-refractivity contribution in [1.82, 2.24) is 10.6 Å². The molecular weight excluding hydrogens is 300 g/mol. The van der Waals surface area contributed by atoms with Gasteiger partial charge in [0.15, 0.2) is 0 Å². The molecule has 1 rings (SSSR count). The third kappa shape index (κ3) is 6.94. The average molecular weight is 325 g/mol. The van der Waals surface area contributed by atoms with Crippen LogP contribution in [0.25, 0.3) is 0 Å². The van der Waals surface area contributed by atoms with E-state index in [0.717, 1.165) is 18.4 Å². The van der Waals surface area contributed by atoms with Gasteiger partial charge in [-0.15, -0.1) is 0 Å². The Balaban J connectivity index is 2.31. The van der Waals surface area contributed by atoms with Crippen LogP contribution in [0, 0.1) is 0 Å². The molecule has 0 unspecified atom stereocenters. The molecule has 4 nitrogen and oxygen atoms in total. The van der Waals surface area contributed by atoms with Crippen LogP contribution < -0.4 is 10.6 Å². The van der Waals surface area contributed by atoms with Crippen molar-refractivity contribution in [3.63, 3.8) is 0 Å². The van der Waals surface area contributed by atoms with Gasteiger partial charge in [-0.05, 0) is 36.0 Å². The van der Waals surface area contributed by atoms with Crippen LogP contribution in [-0.2, 0) is 15.0 Å². The van der Waals surface area contributed by atoms with Gasteiger partial charge in [-0.3, -0.25) is 9.59 Å². The molecule has 0 saturated carbocycles. The third-order valence-electron chi connectivity index (χ3n) is 3.53. The summed E-state index contributed by atoms with van der Waals surface area (Å²) < 4.78 is 0. The van der Waals surface area contributed by atoms with Gasteiger partial charge in [-0.2, -0.15) is 0 Å². The summed E-state index contributed by atoms with van der Waals surface area (Å²) in [4.78, 5) is 22.7. The first kappa shape index (κ1) is 18.5. The van der Waals surface area contributed by atoms with Crippen LogP contribution in [0.1, 0.15) is 45.6 Å². The second-order valence-corrected chi connectivity index (χ2v) is 6.54. The highest BCUT2D eigenvalue weighted by Gasteiger charge is 2.23. The number of unbranched alkanes of at least 4 members (excludes halogenated alkanes) is 1. The predicted octanol–water partition coefficient (Wildman–Crippen LogP) is 3.04. The highest BCUT2D eigenvalue weighted by atomic mass is 35.5. The Kier molecular flexibility index (Phi) is 7.39. The van der Waals surface area contributed by atoms with Crippen molar-refractivity contribution in [2.45, 2.75) is 45.4 Å². The van der Waals surface area contributed by atoms with E-state index in [2.05, 4.69) is 10.6 Å². The number of halogens is 1. The van der Waals surface area contributed by atoms with E-state index >= 15 is 0 Å². The quantitative estimate of drug-likeness (QED) is 0.722. The minimum Gasteiger partial charge on any atom is -0.356 e. The van der Waals surface area contributed by atoms with Gasteiger partial charge < -0.3 is 10.6 Å². The fourth-order valence-corrected chi connectivity index (χ4v) is 2.34. The standard InChI is InChI=1S/C17H25ClN2O2/c1-13(21)19-10-4-5-11-20-16(22)12-17(2,3)14-6-8-15(18)9-7-14/h6-9H,4-5,10-12H2,1-3H3,(H,19,21)(H,20,22). The second kappa shape index (κ2) is 8.79. The lowest BCUT2D eigenvalue weighted by molar-refractivity contribution is -0.122. The molecule has 1 aromatic rings. The van der Waals surface area contributed by atoms with Crippen LogP contribution in [0.5, 0.6) is 0 Å². The van der Waals surface area contributed by atoms with Crippen molar-refractivity contribution < 1.29 is 9.59 Å². The molecule has 2 amide bonds. The van der Waals surface area contributed by atoms with E-state index in [1.807, 2.05) is 38.1 Å². The Morgan fingerprint density at radius 3 is 2.14 bits per heavy atom. The zero-order chi connectivity index (χ0) is 16.6. The lowest BCUT2D eigenvalue weighted by atomic mass is 9.81. The summed E-state index contributed by atoms with van der Waals surface area (Å²) in [5, 5.41) is 6.36. The van der Waals surface area contributed by atoms with Gasteiger partial charge >= 0.3 is 0 Å². The van der Waals surface area contributed by atoms with Crippen LogP contribution in [0.15, 0.2) is 24.3 Å². The topological polar surface area (TPSA) is 58.2 Å². The molecule has 0 aromatic heterocycles. The predicted molar refractivity (Wildman–Crippen MR) is 90.0 cm³/mol. The number of hydrogen-bond donors (Lipinski definition) is 2. The second-order valence-electron chi connectivity index (χ2n) is 6.11. The van der Waals surface area contributed by atoms with E-state index in [1.54, 1.807) is 0 Å². The number of rotatable bonds is 8. The molecule has 2 N–H and O–H groups in total. The molecular formula is C17H25ClN2O2. The van der Waals surface area contributed by atoms with Crippen molar-refractivity contribution in [3.8, 4) is 0 Å². The number of hydrogen-bond acceptors (Lipinski definition) is 2. The Hall–Kier alpha value is -1.55. The molecule has 0 heterocycles. The Morgan fingerprint density at radius 2 is 1.59 bits per heavy atom. The number of carbonyl (C=O) groups excluding carboxylic acids is 2. The number of amides is 2. The molecule has 1 aromatic carbocycles. The normalized spacial score (nSPS) is 11.1. The third-order valence-corrected chi connectivity index (χ3v) is 3.78. The van der Waals surface area contributed by atoms with Crippen molar-refractivity contribution in [3.05, 3.63) is 34.9 Å². The molecule has 0 aliphatic rings. The summed E-state index contributed by atoms with van der Waals surface area (Å²) in [6.45, 7) is 6.89. The van der Waals surface area contributed by atoms with E-state index in [-0.39, 0.29) is 17.2 Å². The maximum Gasteiger partial charge on any atom is 0.220 e. The molecule has 0 bridgehead atoms. The van der Waals surface area contributed by atoms with E-state index in [9.17, 15) is 9.59 Å². The SMILES string of the molecule is CC(=O)NCCCCNC(=O)CC(C)(C)c1ccc(Cl)cc1. The summed E-state index contributed by atoms with van der Waals surface area (Å²) in [5.74, 6) is 0.0215. The molecule has 0 atom stereocenters. The monoisotopic (exact) mass is 324 g/mol. The van der Waals surface area contributed by atoms with Crippen molar-refractivity contribution in [1.29, 1.82) is 0 Å². The molecule has 0 saturated heterocycles. The summed E-state index contributed by atoms with van der Waals surface area (Å²) in [7, 11) is 0. The van der Waals surface area contributed by atoms with Gasteiger partial charge in [-0.25, -0.2) is 0 Å². The highest BCUT2D eigenvalue weighted by Crippen LogP contribution is 2.27. The lowest BCUT2D eigenvalue weighted by Gasteiger charge is -2.24. The first-order chi connectivity index (χ1) is 10.3. The molecule has 0 fully saturated rings. The lowest BCUT2D eigenvalue weighted by Crippen LogP contribution is -2.32. The summed E-state index contributed by atoms with van der Waals surface area (Å²) in [6, 6.07) is 7.61. The zero-order valence-electron chi connectivity index (χ0n) is 13.5. The van der Waals surface area contributed by atoms with Crippen molar-refractivity contribution >= 4 is 23.4 Å². The molecule has 5 heteroatoms. The van der Waals surface area contributed by atoms with E-state index < -0.39 is 0 Å². The first-order valence-corrected chi connectivity index (χ1v) is 7.96. The van der Waals surface area contributed by atoms with E-state index in [4.69, 9.17) is 11.6 Å². The van der Waals surface area contributed by atoms with Gasteiger partial charge in [0.05, 0.1) is 0 Å². The smallest absolute Gasteiger partial charge is 0.220 e. The molecule has 22 heavy (non-hydrogen) atoms. The Morgan fingerprint density at radius 1 is 1.05 bits per heavy atom. The molecule has 0 spiro atoms.